The Kier molecular flexibility index (Phi) is 6.57. The van der Waals surface area contributed by atoms with Gasteiger partial charge >= 0.3 is 0 Å². The van der Waals surface area contributed by atoms with E-state index in [1.807, 2.05) is 0 Å². The number of hydrogen-bond donors (Lipinski definition) is 1. The predicted molar refractivity (Wildman–Crippen MR) is 90.7 cm³/mol. The number of rotatable bonds is 6. The van der Waals surface area contributed by atoms with Crippen molar-refractivity contribution < 1.29 is 0 Å². The molecule has 0 fully saturated rings. The maximum absolute atomic E-state index is 3.56. The molecule has 112 valence electrons. The Bertz CT molecular complexity index is 529. The zero-order chi connectivity index (χ0) is 13.8. The first kappa shape index (κ1) is 17.1. The van der Waals surface area contributed by atoms with Gasteiger partial charge in [-0.05, 0) is 44.4 Å². The van der Waals surface area contributed by atoms with Crippen molar-refractivity contribution in [2.45, 2.75) is 46.7 Å². The third kappa shape index (κ3) is 4.00. The molecule has 0 aliphatic rings. The molecule has 0 unspecified atom stereocenters. The highest BCUT2D eigenvalue weighted by Gasteiger charge is 2.09. The lowest BCUT2D eigenvalue weighted by Crippen LogP contribution is -2.16. The lowest BCUT2D eigenvalue weighted by atomic mass is 10.1. The zero-order valence-corrected chi connectivity index (χ0v) is 13.8. The van der Waals surface area contributed by atoms with E-state index in [9.17, 15) is 0 Å². The van der Waals surface area contributed by atoms with Gasteiger partial charge in [0.15, 0.2) is 0 Å². The standard InChI is InChI=1S/C17H26N2.ClH/c1-13(2)9-10-18-11-15-12-19(14(3)4)17-8-6-5-7-16(15)17;/h5-8,12-14,18H,9-11H2,1-4H3;1H. The van der Waals surface area contributed by atoms with Crippen LogP contribution in [0.4, 0.5) is 0 Å². The smallest absolute Gasteiger partial charge is 0.0486 e. The molecule has 0 amide bonds. The highest BCUT2D eigenvalue weighted by Crippen LogP contribution is 2.24. The number of nitrogens with one attached hydrogen (secondary N) is 1. The second kappa shape index (κ2) is 7.70. The lowest BCUT2D eigenvalue weighted by Gasteiger charge is -2.08. The van der Waals surface area contributed by atoms with E-state index in [2.05, 4.69) is 68.0 Å². The van der Waals surface area contributed by atoms with E-state index in [1.165, 1.54) is 22.9 Å². The number of para-hydroxylation sites is 1. The molecular weight excluding hydrogens is 268 g/mol. The van der Waals surface area contributed by atoms with E-state index in [4.69, 9.17) is 0 Å². The summed E-state index contributed by atoms with van der Waals surface area (Å²) in [6.07, 6.45) is 3.54. The molecule has 0 radical (unpaired) electrons. The molecule has 1 aromatic carbocycles. The maximum Gasteiger partial charge on any atom is 0.0486 e. The first-order chi connectivity index (χ1) is 9.09. The average Bonchev–Trinajstić information content (AvgIpc) is 2.74. The molecule has 0 atom stereocenters. The lowest BCUT2D eigenvalue weighted by molar-refractivity contribution is 0.537. The van der Waals surface area contributed by atoms with Crippen molar-refractivity contribution in [2.24, 2.45) is 5.92 Å². The third-order valence-electron chi connectivity index (χ3n) is 3.59. The summed E-state index contributed by atoms with van der Waals surface area (Å²) < 4.78 is 2.37. The Hall–Kier alpha value is -0.990. The first-order valence-electron chi connectivity index (χ1n) is 7.38. The first-order valence-corrected chi connectivity index (χ1v) is 7.38. The van der Waals surface area contributed by atoms with Crippen LogP contribution in [0.15, 0.2) is 30.5 Å². The monoisotopic (exact) mass is 294 g/mol. The van der Waals surface area contributed by atoms with Gasteiger partial charge in [-0.2, -0.15) is 0 Å². The van der Waals surface area contributed by atoms with E-state index >= 15 is 0 Å². The summed E-state index contributed by atoms with van der Waals surface area (Å²) in [5, 5.41) is 4.95. The summed E-state index contributed by atoms with van der Waals surface area (Å²) in [7, 11) is 0. The predicted octanol–water partition coefficient (Wildman–Crippen LogP) is 4.78. The summed E-state index contributed by atoms with van der Waals surface area (Å²) >= 11 is 0. The topological polar surface area (TPSA) is 17.0 Å². The molecule has 2 aromatic rings. The zero-order valence-electron chi connectivity index (χ0n) is 13.0. The Morgan fingerprint density at radius 1 is 1.10 bits per heavy atom. The summed E-state index contributed by atoms with van der Waals surface area (Å²) in [5.74, 6) is 0.768. The van der Waals surface area contributed by atoms with Crippen molar-refractivity contribution in [3.05, 3.63) is 36.0 Å². The molecule has 20 heavy (non-hydrogen) atoms. The van der Waals surface area contributed by atoms with Gasteiger partial charge in [-0.15, -0.1) is 12.4 Å². The minimum atomic E-state index is 0. The van der Waals surface area contributed by atoms with Crippen molar-refractivity contribution in [1.29, 1.82) is 0 Å². The van der Waals surface area contributed by atoms with Crippen molar-refractivity contribution in [3.63, 3.8) is 0 Å². The Balaban J connectivity index is 0.00000200. The second-order valence-corrected chi connectivity index (χ2v) is 6.03. The van der Waals surface area contributed by atoms with Gasteiger partial charge in [0.2, 0.25) is 0 Å². The summed E-state index contributed by atoms with van der Waals surface area (Å²) in [4.78, 5) is 0. The van der Waals surface area contributed by atoms with Crippen LogP contribution in [0.3, 0.4) is 0 Å². The van der Waals surface area contributed by atoms with Crippen LogP contribution in [0.2, 0.25) is 0 Å². The number of nitrogens with zero attached hydrogens (tertiary/aromatic N) is 1. The molecule has 0 saturated heterocycles. The van der Waals surface area contributed by atoms with Gasteiger partial charge in [0.25, 0.3) is 0 Å². The van der Waals surface area contributed by atoms with Crippen molar-refractivity contribution in [2.75, 3.05) is 6.54 Å². The molecule has 1 aromatic heterocycles. The Morgan fingerprint density at radius 3 is 2.45 bits per heavy atom. The molecule has 0 aliphatic heterocycles. The average molecular weight is 295 g/mol. The molecule has 1 N–H and O–H groups in total. The van der Waals surface area contributed by atoms with Crippen LogP contribution in [-0.4, -0.2) is 11.1 Å². The van der Waals surface area contributed by atoms with Crippen LogP contribution < -0.4 is 5.32 Å². The highest BCUT2D eigenvalue weighted by molar-refractivity contribution is 5.85. The van der Waals surface area contributed by atoms with Gasteiger partial charge < -0.3 is 9.88 Å². The fourth-order valence-electron chi connectivity index (χ4n) is 2.46. The quantitative estimate of drug-likeness (QED) is 0.759. The van der Waals surface area contributed by atoms with Gasteiger partial charge in [0, 0.05) is 29.7 Å². The van der Waals surface area contributed by atoms with E-state index in [-0.39, 0.29) is 12.4 Å². The van der Waals surface area contributed by atoms with Gasteiger partial charge in [-0.25, -0.2) is 0 Å². The summed E-state index contributed by atoms with van der Waals surface area (Å²) in [6, 6.07) is 9.21. The van der Waals surface area contributed by atoms with Crippen molar-refractivity contribution in [3.8, 4) is 0 Å². The molecule has 3 heteroatoms. The van der Waals surface area contributed by atoms with E-state index in [0.717, 1.165) is 19.0 Å². The number of aromatic nitrogens is 1. The Morgan fingerprint density at radius 2 is 1.80 bits per heavy atom. The van der Waals surface area contributed by atoms with E-state index in [0.29, 0.717) is 6.04 Å². The number of hydrogen-bond acceptors (Lipinski definition) is 1. The molecule has 2 rings (SSSR count). The Labute approximate surface area is 129 Å². The minimum absolute atomic E-state index is 0. The van der Waals surface area contributed by atoms with Gasteiger partial charge in [0.1, 0.15) is 0 Å². The van der Waals surface area contributed by atoms with Gasteiger partial charge in [-0.1, -0.05) is 32.0 Å². The highest BCUT2D eigenvalue weighted by atomic mass is 35.5. The van der Waals surface area contributed by atoms with E-state index < -0.39 is 0 Å². The van der Waals surface area contributed by atoms with Crippen LogP contribution in [0.25, 0.3) is 10.9 Å². The van der Waals surface area contributed by atoms with Crippen molar-refractivity contribution in [1.82, 2.24) is 9.88 Å². The molecule has 0 bridgehead atoms. The van der Waals surface area contributed by atoms with Crippen LogP contribution in [-0.2, 0) is 6.54 Å². The fraction of sp³-hybridized carbons (Fsp3) is 0.529. The van der Waals surface area contributed by atoms with Crippen LogP contribution in [0.1, 0.15) is 45.7 Å². The molecule has 0 spiro atoms. The van der Waals surface area contributed by atoms with E-state index in [1.54, 1.807) is 0 Å². The van der Waals surface area contributed by atoms with Crippen LogP contribution in [0, 0.1) is 5.92 Å². The molecule has 0 saturated carbocycles. The number of benzene rings is 1. The van der Waals surface area contributed by atoms with Gasteiger partial charge in [0.05, 0.1) is 0 Å². The molecule has 0 aliphatic carbocycles. The maximum atomic E-state index is 3.56. The molecule has 2 nitrogen and oxygen atoms in total. The SMILES string of the molecule is CC(C)CCNCc1cn(C(C)C)c2ccccc12.Cl. The largest absolute Gasteiger partial charge is 0.345 e. The fourth-order valence-corrected chi connectivity index (χ4v) is 2.46. The molecular formula is C17H27ClN2. The third-order valence-corrected chi connectivity index (χ3v) is 3.59. The summed E-state index contributed by atoms with van der Waals surface area (Å²) in [5.41, 5.74) is 2.76. The summed E-state index contributed by atoms with van der Waals surface area (Å²) in [6.45, 7) is 11.1. The normalized spacial score (nSPS) is 11.3. The molecule has 1 heterocycles. The minimum Gasteiger partial charge on any atom is -0.345 e. The number of fused-ring (bicyclic) bond motifs is 1. The second-order valence-electron chi connectivity index (χ2n) is 6.03. The van der Waals surface area contributed by atoms with Crippen LogP contribution >= 0.6 is 12.4 Å². The number of halogens is 1. The van der Waals surface area contributed by atoms with Gasteiger partial charge in [-0.3, -0.25) is 0 Å². The van der Waals surface area contributed by atoms with Crippen LogP contribution in [0.5, 0.6) is 0 Å². The van der Waals surface area contributed by atoms with Crippen molar-refractivity contribution >= 4 is 23.3 Å².